The Morgan fingerprint density at radius 2 is 2.18 bits per heavy atom. The smallest absolute Gasteiger partial charge is 0.107 e. The van der Waals surface area contributed by atoms with Gasteiger partial charge in [0.25, 0.3) is 0 Å². The maximum absolute atomic E-state index is 12.4. The molecule has 1 unspecified atom stereocenters. The van der Waals surface area contributed by atoms with Crippen molar-refractivity contribution >= 4 is 0 Å². The zero-order valence-electron chi connectivity index (χ0n) is 7.15. The third kappa shape index (κ3) is 2.42. The number of alkyl halides is 1. The van der Waals surface area contributed by atoms with Crippen LogP contribution in [0.2, 0.25) is 0 Å². The van der Waals surface area contributed by atoms with Crippen molar-refractivity contribution in [2.45, 2.75) is 24.8 Å². The van der Waals surface area contributed by atoms with Crippen LogP contribution in [0, 0.1) is 0 Å². The van der Waals surface area contributed by atoms with Crippen molar-refractivity contribution in [1.29, 1.82) is 0 Å². The molecular formula is C8H17FN2. The quantitative estimate of drug-likeness (QED) is 0.614. The first kappa shape index (κ1) is 8.94. The van der Waals surface area contributed by atoms with Crippen molar-refractivity contribution in [2.24, 2.45) is 5.73 Å². The second-order valence-electron chi connectivity index (χ2n) is 3.65. The molecule has 2 N–H and O–H groups in total. The summed E-state index contributed by atoms with van der Waals surface area (Å²) in [5.41, 5.74) is 5.30. The Morgan fingerprint density at radius 1 is 1.45 bits per heavy atom. The van der Waals surface area contributed by atoms with Crippen molar-refractivity contribution in [3.63, 3.8) is 0 Å². The third-order valence-electron chi connectivity index (χ3n) is 2.47. The second-order valence-corrected chi connectivity index (χ2v) is 3.65. The van der Waals surface area contributed by atoms with E-state index in [2.05, 4.69) is 11.9 Å². The van der Waals surface area contributed by atoms with E-state index in [4.69, 9.17) is 5.73 Å². The molecule has 1 atom stereocenters. The summed E-state index contributed by atoms with van der Waals surface area (Å²) in [5.74, 6) is 0. The summed E-state index contributed by atoms with van der Waals surface area (Å²) < 4.78 is 12.4. The molecule has 0 aliphatic carbocycles. The Hall–Kier alpha value is -0.150. The van der Waals surface area contributed by atoms with Crippen molar-refractivity contribution < 1.29 is 4.39 Å². The number of hydrogen-bond acceptors (Lipinski definition) is 2. The summed E-state index contributed by atoms with van der Waals surface area (Å²) in [6.45, 7) is 1.61. The van der Waals surface area contributed by atoms with Crippen LogP contribution >= 0.6 is 0 Å². The van der Waals surface area contributed by atoms with Crippen molar-refractivity contribution in [3.05, 3.63) is 0 Å². The van der Waals surface area contributed by atoms with Gasteiger partial charge >= 0.3 is 0 Å². The highest BCUT2D eigenvalue weighted by Crippen LogP contribution is 2.19. The predicted molar refractivity (Wildman–Crippen MR) is 44.2 cm³/mol. The first-order valence-corrected chi connectivity index (χ1v) is 4.20. The first-order chi connectivity index (χ1) is 5.16. The molecule has 1 aliphatic heterocycles. The summed E-state index contributed by atoms with van der Waals surface area (Å²) in [6, 6.07) is 0. The van der Waals surface area contributed by atoms with Gasteiger partial charge in [0, 0.05) is 5.54 Å². The molecule has 1 fully saturated rings. The number of nitrogens with zero attached hydrogens (tertiary/aromatic N) is 1. The molecule has 0 aromatic carbocycles. The van der Waals surface area contributed by atoms with Gasteiger partial charge in [-0.1, -0.05) is 0 Å². The monoisotopic (exact) mass is 160 g/mol. The summed E-state index contributed by atoms with van der Waals surface area (Å²) in [6.07, 6.45) is 2.64. The minimum atomic E-state index is -0.523. The van der Waals surface area contributed by atoms with E-state index in [0.29, 0.717) is 0 Å². The van der Waals surface area contributed by atoms with Crippen LogP contribution in [-0.4, -0.2) is 37.3 Å². The SMILES string of the molecule is CN1CCCC(N)(CF)CC1. The normalized spacial score (nSPS) is 35.2. The van der Waals surface area contributed by atoms with E-state index in [9.17, 15) is 4.39 Å². The van der Waals surface area contributed by atoms with Gasteiger partial charge in [-0.05, 0) is 39.4 Å². The van der Waals surface area contributed by atoms with Gasteiger partial charge in [-0.25, -0.2) is 4.39 Å². The number of rotatable bonds is 1. The van der Waals surface area contributed by atoms with Crippen molar-refractivity contribution in [3.8, 4) is 0 Å². The van der Waals surface area contributed by atoms with E-state index >= 15 is 0 Å². The van der Waals surface area contributed by atoms with Gasteiger partial charge in [0.15, 0.2) is 0 Å². The highest BCUT2D eigenvalue weighted by Gasteiger charge is 2.27. The Bertz CT molecular complexity index is 129. The Labute approximate surface area is 67.6 Å². The van der Waals surface area contributed by atoms with Crippen LogP contribution in [0.1, 0.15) is 19.3 Å². The van der Waals surface area contributed by atoms with Crippen LogP contribution in [0.4, 0.5) is 4.39 Å². The van der Waals surface area contributed by atoms with E-state index in [0.717, 1.165) is 32.4 Å². The lowest BCUT2D eigenvalue weighted by Gasteiger charge is -2.23. The lowest BCUT2D eigenvalue weighted by atomic mass is 9.94. The van der Waals surface area contributed by atoms with Crippen LogP contribution in [-0.2, 0) is 0 Å². The molecule has 0 spiro atoms. The first-order valence-electron chi connectivity index (χ1n) is 4.20. The van der Waals surface area contributed by atoms with Crippen LogP contribution in [0.5, 0.6) is 0 Å². The molecule has 1 saturated heterocycles. The standard InChI is InChI=1S/C8H17FN2/c1-11-5-2-3-8(10,7-9)4-6-11/h2-7,10H2,1H3. The fourth-order valence-electron chi connectivity index (χ4n) is 1.48. The number of nitrogens with two attached hydrogens (primary N) is 1. The summed E-state index contributed by atoms with van der Waals surface area (Å²) >= 11 is 0. The van der Waals surface area contributed by atoms with Crippen LogP contribution in [0.15, 0.2) is 0 Å². The maximum Gasteiger partial charge on any atom is 0.107 e. The zero-order valence-corrected chi connectivity index (χ0v) is 7.15. The van der Waals surface area contributed by atoms with Gasteiger partial charge in [0.1, 0.15) is 6.67 Å². The molecule has 0 aromatic rings. The molecule has 1 aliphatic rings. The molecule has 11 heavy (non-hydrogen) atoms. The van der Waals surface area contributed by atoms with Gasteiger partial charge in [-0.3, -0.25) is 0 Å². The molecule has 1 heterocycles. The van der Waals surface area contributed by atoms with Gasteiger partial charge < -0.3 is 10.6 Å². The summed E-state index contributed by atoms with van der Waals surface area (Å²) in [4.78, 5) is 2.21. The van der Waals surface area contributed by atoms with E-state index in [1.165, 1.54) is 0 Å². The van der Waals surface area contributed by atoms with Gasteiger partial charge in [-0.2, -0.15) is 0 Å². The van der Waals surface area contributed by atoms with Crippen LogP contribution in [0.3, 0.4) is 0 Å². The number of halogens is 1. The number of hydrogen-bond donors (Lipinski definition) is 1. The van der Waals surface area contributed by atoms with E-state index < -0.39 is 5.54 Å². The lowest BCUT2D eigenvalue weighted by Crippen LogP contribution is -2.42. The van der Waals surface area contributed by atoms with Gasteiger partial charge in [-0.15, -0.1) is 0 Å². The van der Waals surface area contributed by atoms with Crippen LogP contribution in [0.25, 0.3) is 0 Å². The molecule has 0 amide bonds. The van der Waals surface area contributed by atoms with Crippen LogP contribution < -0.4 is 5.73 Å². The average Bonchev–Trinajstić information content (AvgIpc) is 2.15. The average molecular weight is 160 g/mol. The largest absolute Gasteiger partial charge is 0.323 e. The molecular weight excluding hydrogens is 143 g/mol. The fraction of sp³-hybridized carbons (Fsp3) is 1.00. The maximum atomic E-state index is 12.4. The highest BCUT2D eigenvalue weighted by atomic mass is 19.1. The predicted octanol–water partition coefficient (Wildman–Crippen LogP) is 0.769. The number of likely N-dealkylation sites (tertiary alicyclic amines) is 1. The fourth-order valence-corrected chi connectivity index (χ4v) is 1.48. The summed E-state index contributed by atoms with van der Waals surface area (Å²) in [7, 11) is 2.06. The molecule has 2 nitrogen and oxygen atoms in total. The van der Waals surface area contributed by atoms with Gasteiger partial charge in [0.05, 0.1) is 0 Å². The Morgan fingerprint density at radius 3 is 2.82 bits per heavy atom. The molecule has 3 heteroatoms. The Balaban J connectivity index is 2.45. The van der Waals surface area contributed by atoms with Gasteiger partial charge in [0.2, 0.25) is 0 Å². The lowest BCUT2D eigenvalue weighted by molar-refractivity contribution is 0.269. The topological polar surface area (TPSA) is 29.3 Å². The Kier molecular flexibility index (Phi) is 2.84. The highest BCUT2D eigenvalue weighted by molar-refractivity contribution is 4.86. The molecule has 0 aromatic heterocycles. The van der Waals surface area contributed by atoms with E-state index in [-0.39, 0.29) is 6.67 Å². The molecule has 1 rings (SSSR count). The molecule has 66 valence electrons. The molecule has 0 saturated carbocycles. The third-order valence-corrected chi connectivity index (χ3v) is 2.47. The second kappa shape index (κ2) is 3.50. The molecule has 0 bridgehead atoms. The minimum absolute atomic E-state index is 0.374. The van der Waals surface area contributed by atoms with Crippen molar-refractivity contribution in [1.82, 2.24) is 4.90 Å². The minimum Gasteiger partial charge on any atom is -0.323 e. The van der Waals surface area contributed by atoms with Crippen molar-refractivity contribution in [2.75, 3.05) is 26.8 Å². The summed E-state index contributed by atoms with van der Waals surface area (Å²) in [5, 5.41) is 0. The molecule has 0 radical (unpaired) electrons. The zero-order chi connectivity index (χ0) is 8.32. The van der Waals surface area contributed by atoms with E-state index in [1.54, 1.807) is 0 Å². The van der Waals surface area contributed by atoms with E-state index in [1.807, 2.05) is 0 Å².